The number of nitrogens with two attached hydrogens (primary N) is 2. The van der Waals surface area contributed by atoms with E-state index in [1.807, 2.05) is 24.3 Å². The summed E-state index contributed by atoms with van der Waals surface area (Å²) in [6.45, 7) is 0.0548. The van der Waals surface area contributed by atoms with Crippen molar-refractivity contribution in [1.82, 2.24) is 14.7 Å². The van der Waals surface area contributed by atoms with Gasteiger partial charge in [0.05, 0.1) is 17.1 Å². The maximum absolute atomic E-state index is 14.6. The highest BCUT2D eigenvalue weighted by atomic mass is 79.9. The molecule has 0 saturated carbocycles. The van der Waals surface area contributed by atoms with Crippen LogP contribution in [0.25, 0.3) is 16.9 Å². The molecule has 2 heterocycles. The van der Waals surface area contributed by atoms with Gasteiger partial charge in [-0.25, -0.2) is 13.5 Å². The summed E-state index contributed by atoms with van der Waals surface area (Å²) >= 11 is 3.43. The molecular weight excluding hydrogens is 546 g/mol. The van der Waals surface area contributed by atoms with Crippen molar-refractivity contribution in [3.05, 3.63) is 94.1 Å². The van der Waals surface area contributed by atoms with E-state index in [1.54, 1.807) is 27.9 Å². The molecule has 0 radical (unpaired) electrons. The minimum atomic E-state index is -0.762. The average molecular weight is 569 g/mol. The van der Waals surface area contributed by atoms with Crippen molar-refractivity contribution >= 4 is 33.2 Å². The van der Waals surface area contributed by atoms with Crippen molar-refractivity contribution in [2.75, 3.05) is 24.3 Å². The molecule has 1 fully saturated rings. The number of benzene rings is 3. The summed E-state index contributed by atoms with van der Waals surface area (Å²) in [4.78, 5) is 14.4. The van der Waals surface area contributed by atoms with Crippen molar-refractivity contribution < 1.29 is 18.3 Å². The first-order valence-electron chi connectivity index (χ1n) is 11.4. The summed E-state index contributed by atoms with van der Waals surface area (Å²) in [5, 5.41) is 4.74. The van der Waals surface area contributed by atoms with Gasteiger partial charge in [-0.3, -0.25) is 10.6 Å². The third-order valence-electron chi connectivity index (χ3n) is 6.18. The molecule has 1 atom stereocenters. The highest BCUT2D eigenvalue weighted by Gasteiger charge is 2.36. The second-order valence-corrected chi connectivity index (χ2v) is 9.45. The number of halogens is 3. The highest BCUT2D eigenvalue weighted by molar-refractivity contribution is 9.10. The molecule has 1 aromatic heterocycles. The third-order valence-corrected chi connectivity index (χ3v) is 6.71. The Morgan fingerprint density at radius 3 is 2.54 bits per heavy atom. The number of carbonyl (C=O) groups is 1. The Morgan fingerprint density at radius 1 is 1.11 bits per heavy atom. The van der Waals surface area contributed by atoms with Gasteiger partial charge in [0.2, 0.25) is 0 Å². The zero-order valence-corrected chi connectivity index (χ0v) is 21.1. The second-order valence-electron chi connectivity index (χ2n) is 8.54. The number of hydrazine groups is 1. The van der Waals surface area contributed by atoms with Gasteiger partial charge in [0, 0.05) is 34.4 Å². The highest BCUT2D eigenvalue weighted by Crippen LogP contribution is 2.36. The van der Waals surface area contributed by atoms with Gasteiger partial charge in [0.15, 0.2) is 6.23 Å². The van der Waals surface area contributed by atoms with Gasteiger partial charge in [-0.05, 0) is 66.6 Å². The van der Waals surface area contributed by atoms with Gasteiger partial charge in [0.1, 0.15) is 23.9 Å². The third kappa shape index (κ3) is 5.06. The van der Waals surface area contributed by atoms with Crippen LogP contribution in [-0.2, 0) is 16.0 Å². The van der Waals surface area contributed by atoms with Gasteiger partial charge >= 0.3 is 0 Å². The molecule has 0 bridgehead atoms. The van der Waals surface area contributed by atoms with Gasteiger partial charge in [-0.15, -0.1) is 0 Å². The number of anilines is 2. The number of ether oxygens (including phenoxy) is 1. The van der Waals surface area contributed by atoms with Crippen LogP contribution in [0.5, 0.6) is 0 Å². The second kappa shape index (κ2) is 10.3. The van der Waals surface area contributed by atoms with Crippen LogP contribution in [0, 0.1) is 11.6 Å². The van der Waals surface area contributed by atoms with Crippen molar-refractivity contribution in [3.63, 3.8) is 0 Å². The zero-order chi connectivity index (χ0) is 26.1. The lowest BCUT2D eigenvalue weighted by molar-refractivity contribution is -0.128. The Balaban J connectivity index is 1.49. The topological polar surface area (TPSA) is 111 Å². The van der Waals surface area contributed by atoms with E-state index in [2.05, 4.69) is 21.4 Å². The van der Waals surface area contributed by atoms with E-state index in [1.165, 1.54) is 24.3 Å². The summed E-state index contributed by atoms with van der Waals surface area (Å²) in [5.74, 6) is 4.28. The molecule has 4 aromatic rings. The summed E-state index contributed by atoms with van der Waals surface area (Å²) in [5.41, 5.74) is 11.8. The van der Waals surface area contributed by atoms with Crippen LogP contribution in [-0.4, -0.2) is 33.7 Å². The molecule has 1 aliphatic rings. The van der Waals surface area contributed by atoms with E-state index < -0.39 is 12.0 Å². The molecule has 1 amide bonds. The Labute approximate surface area is 219 Å². The fourth-order valence-electron chi connectivity index (χ4n) is 4.27. The SMILES string of the molecule is NNc1cc(F)c(CCN2C(=O)COC2c2cn(-c3ccc(Br)cc3)nc2-c2ccc(F)cc2)cc1N. The first-order chi connectivity index (χ1) is 17.8. The molecule has 0 spiro atoms. The maximum atomic E-state index is 14.6. The van der Waals surface area contributed by atoms with Gasteiger partial charge in [-0.1, -0.05) is 15.9 Å². The molecule has 1 saturated heterocycles. The number of amides is 1. The van der Waals surface area contributed by atoms with Gasteiger partial charge in [-0.2, -0.15) is 5.10 Å². The number of carbonyl (C=O) groups excluding carboxylic acids is 1. The number of nitrogens with zero attached hydrogens (tertiary/aromatic N) is 3. The van der Waals surface area contributed by atoms with Crippen molar-refractivity contribution in [2.24, 2.45) is 5.84 Å². The van der Waals surface area contributed by atoms with E-state index >= 15 is 0 Å². The van der Waals surface area contributed by atoms with Crippen LogP contribution in [0.4, 0.5) is 20.2 Å². The van der Waals surface area contributed by atoms with Crippen LogP contribution in [0.1, 0.15) is 17.4 Å². The number of aromatic nitrogens is 2. The molecule has 37 heavy (non-hydrogen) atoms. The molecule has 1 aliphatic heterocycles. The van der Waals surface area contributed by atoms with Gasteiger partial charge in [0.25, 0.3) is 5.91 Å². The molecule has 0 aliphatic carbocycles. The molecule has 5 rings (SSSR count). The van der Waals surface area contributed by atoms with E-state index in [0.717, 1.165) is 10.2 Å². The molecule has 3 aromatic carbocycles. The number of nitrogen functional groups attached to an aromatic ring is 2. The zero-order valence-electron chi connectivity index (χ0n) is 19.5. The smallest absolute Gasteiger partial charge is 0.250 e. The molecular formula is C26H23BrF2N6O2. The molecule has 190 valence electrons. The predicted octanol–water partition coefficient (Wildman–Crippen LogP) is 4.55. The number of rotatable bonds is 7. The lowest BCUT2D eigenvalue weighted by Gasteiger charge is -2.23. The Kier molecular flexibility index (Phi) is 6.92. The van der Waals surface area contributed by atoms with Crippen LogP contribution in [0.15, 0.2) is 71.3 Å². The van der Waals surface area contributed by atoms with Crippen molar-refractivity contribution in [2.45, 2.75) is 12.6 Å². The largest absolute Gasteiger partial charge is 0.397 e. The predicted molar refractivity (Wildman–Crippen MR) is 139 cm³/mol. The first-order valence-corrected chi connectivity index (χ1v) is 12.2. The molecule has 11 heteroatoms. The first kappa shape index (κ1) is 24.9. The molecule has 1 unspecified atom stereocenters. The maximum Gasteiger partial charge on any atom is 0.250 e. The van der Waals surface area contributed by atoms with Crippen molar-refractivity contribution in [1.29, 1.82) is 0 Å². The summed E-state index contributed by atoms with van der Waals surface area (Å²) in [7, 11) is 0. The number of nitrogens with one attached hydrogen (secondary N) is 1. The fraction of sp³-hybridized carbons (Fsp3) is 0.154. The van der Waals surface area contributed by atoms with Crippen LogP contribution in [0.3, 0.4) is 0 Å². The van der Waals surface area contributed by atoms with Crippen LogP contribution < -0.4 is 17.0 Å². The van der Waals surface area contributed by atoms with E-state index in [9.17, 15) is 13.6 Å². The van der Waals surface area contributed by atoms with Gasteiger partial charge < -0.3 is 20.8 Å². The number of hydrogen-bond donors (Lipinski definition) is 3. The standard InChI is InChI=1S/C26H23BrF2N6O2/c27-17-3-7-19(8-4-17)35-13-20(25(33-35)15-1-5-18(28)6-2-15)26-34(24(36)14-37-26)10-9-16-11-22(30)23(32-31)12-21(16)29/h1-8,11-13,26,32H,9-10,14,30-31H2. The minimum Gasteiger partial charge on any atom is -0.397 e. The van der Waals surface area contributed by atoms with Crippen molar-refractivity contribution in [3.8, 4) is 16.9 Å². The monoisotopic (exact) mass is 568 g/mol. The normalized spacial score (nSPS) is 15.4. The van der Waals surface area contributed by atoms with E-state index in [-0.39, 0.29) is 37.0 Å². The van der Waals surface area contributed by atoms with E-state index in [0.29, 0.717) is 28.1 Å². The Morgan fingerprint density at radius 2 is 1.84 bits per heavy atom. The quantitative estimate of drug-likeness (QED) is 0.171. The summed E-state index contributed by atoms with van der Waals surface area (Å²) < 4.78 is 36.7. The molecule has 8 nitrogen and oxygen atoms in total. The minimum absolute atomic E-state index is 0.127. The molecule has 5 N–H and O–H groups in total. The van der Waals surface area contributed by atoms with E-state index in [4.69, 9.17) is 21.4 Å². The Hall–Kier alpha value is -3.80. The fourth-order valence-corrected chi connectivity index (χ4v) is 4.54. The van der Waals surface area contributed by atoms with Crippen LogP contribution >= 0.6 is 15.9 Å². The average Bonchev–Trinajstić information content (AvgIpc) is 3.48. The summed E-state index contributed by atoms with van der Waals surface area (Å²) in [6, 6.07) is 16.2. The summed E-state index contributed by atoms with van der Waals surface area (Å²) in [6.07, 6.45) is 1.24. The van der Waals surface area contributed by atoms with Crippen LogP contribution in [0.2, 0.25) is 0 Å². The number of hydrogen-bond acceptors (Lipinski definition) is 6. The lowest BCUT2D eigenvalue weighted by atomic mass is 10.1. The lowest BCUT2D eigenvalue weighted by Crippen LogP contribution is -2.31. The Bertz CT molecular complexity index is 1440.